The maximum absolute atomic E-state index is 7.36. The van der Waals surface area contributed by atoms with Crippen molar-refractivity contribution in [2.24, 2.45) is 0 Å². The molecule has 48 valence electrons. The van der Waals surface area contributed by atoms with Gasteiger partial charge in [-0.15, -0.1) is 0 Å². The van der Waals surface area contributed by atoms with Crippen molar-refractivity contribution in [1.82, 2.24) is 0 Å². The fourth-order valence-electron chi connectivity index (χ4n) is 0.0676. The molecule has 0 aliphatic carbocycles. The zero-order valence-electron chi connectivity index (χ0n) is 3.77. The third kappa shape index (κ3) is 5.34. The molecule has 0 aliphatic heterocycles. The first-order chi connectivity index (χ1) is 3.91. The van der Waals surface area contributed by atoms with Gasteiger partial charge in [-0.1, -0.05) is 6.58 Å². The zero-order chi connectivity index (χ0) is 6.24. The average molecular weight is 124 g/mol. The SMILES string of the molecule is C=COOOOOO. The summed E-state index contributed by atoms with van der Waals surface area (Å²) in [6.45, 7) is 3.07. The van der Waals surface area contributed by atoms with Crippen LogP contribution in [0.4, 0.5) is 0 Å². The highest BCUT2D eigenvalue weighted by Crippen LogP contribution is 1.81. The lowest BCUT2D eigenvalue weighted by atomic mass is 11.2. The van der Waals surface area contributed by atoms with Gasteiger partial charge < -0.3 is 4.89 Å². The van der Waals surface area contributed by atoms with Crippen molar-refractivity contribution in [1.29, 1.82) is 0 Å². The first-order valence-corrected chi connectivity index (χ1v) is 1.49. The molecule has 6 nitrogen and oxygen atoms in total. The highest BCUT2D eigenvalue weighted by Gasteiger charge is 1.83. The maximum atomic E-state index is 7.36. The van der Waals surface area contributed by atoms with Crippen molar-refractivity contribution in [3.05, 3.63) is 12.8 Å². The molecule has 1 N–H and O–H groups in total. The molecule has 0 spiro atoms. The summed E-state index contributed by atoms with van der Waals surface area (Å²) in [5.74, 6) is 0. The maximum Gasteiger partial charge on any atom is 0.125 e. The van der Waals surface area contributed by atoms with Crippen molar-refractivity contribution >= 4 is 0 Å². The molecule has 0 aliphatic rings. The Hall–Kier alpha value is -0.660. The van der Waals surface area contributed by atoms with Gasteiger partial charge in [0.1, 0.15) is 6.26 Å². The predicted molar refractivity (Wildman–Crippen MR) is 18.3 cm³/mol. The van der Waals surface area contributed by atoms with Crippen LogP contribution in [0.5, 0.6) is 0 Å². The summed E-state index contributed by atoms with van der Waals surface area (Å²) in [5.41, 5.74) is 0. The first kappa shape index (κ1) is 7.34. The highest BCUT2D eigenvalue weighted by molar-refractivity contribution is 4.41. The summed E-state index contributed by atoms with van der Waals surface area (Å²) < 4.78 is 0. The smallest absolute Gasteiger partial charge is 0.125 e. The van der Waals surface area contributed by atoms with Gasteiger partial charge in [0, 0.05) is 10.1 Å². The van der Waals surface area contributed by atoms with Gasteiger partial charge in [-0.3, -0.25) is 0 Å². The highest BCUT2D eigenvalue weighted by atomic mass is 17.8. The Kier molecular flexibility index (Phi) is 5.82. The Morgan fingerprint density at radius 2 is 2.00 bits per heavy atom. The van der Waals surface area contributed by atoms with E-state index in [-0.39, 0.29) is 0 Å². The first-order valence-electron chi connectivity index (χ1n) is 1.49. The minimum Gasteiger partial charge on any atom is -0.315 e. The van der Waals surface area contributed by atoms with E-state index in [2.05, 4.69) is 31.6 Å². The average Bonchev–Trinajstić information content (AvgIpc) is 1.81. The van der Waals surface area contributed by atoms with Crippen LogP contribution in [-0.2, 0) is 25.0 Å². The van der Waals surface area contributed by atoms with Crippen LogP contribution in [0.3, 0.4) is 0 Å². The second kappa shape index (κ2) is 6.34. The van der Waals surface area contributed by atoms with E-state index in [9.17, 15) is 0 Å². The summed E-state index contributed by atoms with van der Waals surface area (Å²) in [6.07, 6.45) is 0.931. The molecule has 0 fully saturated rings. The van der Waals surface area contributed by atoms with Gasteiger partial charge in [0.05, 0.1) is 0 Å². The minimum absolute atomic E-state index is 0.931. The molecule has 0 aromatic rings. The van der Waals surface area contributed by atoms with Crippen LogP contribution in [0.25, 0.3) is 0 Å². The normalized spacial score (nSPS) is 8.62. The molecule has 0 bridgehead atoms. The van der Waals surface area contributed by atoms with E-state index in [0.717, 1.165) is 6.26 Å². The Morgan fingerprint density at radius 1 is 1.25 bits per heavy atom. The Balaban J connectivity index is 2.62. The second-order valence-electron chi connectivity index (χ2n) is 0.542. The quantitative estimate of drug-likeness (QED) is 0.247. The molecule has 0 saturated heterocycles. The lowest BCUT2D eigenvalue weighted by Crippen LogP contribution is -1.93. The van der Waals surface area contributed by atoms with Crippen molar-refractivity contribution in [2.75, 3.05) is 0 Å². The van der Waals surface area contributed by atoms with Gasteiger partial charge in [0.25, 0.3) is 0 Å². The molecule has 0 atom stereocenters. The minimum atomic E-state index is 0.931. The summed E-state index contributed by atoms with van der Waals surface area (Å²) in [7, 11) is 0. The van der Waals surface area contributed by atoms with E-state index >= 15 is 0 Å². The van der Waals surface area contributed by atoms with Gasteiger partial charge in [-0.2, -0.15) is 0 Å². The van der Waals surface area contributed by atoms with E-state index in [1.165, 1.54) is 0 Å². The number of hydrogen-bond acceptors (Lipinski definition) is 6. The molecule has 0 aromatic carbocycles. The lowest BCUT2D eigenvalue weighted by Gasteiger charge is -1.91. The molecule has 0 amide bonds. The molecule has 8 heavy (non-hydrogen) atoms. The third-order valence-electron chi connectivity index (χ3n) is 0.193. The molecule has 0 heterocycles. The molecule has 0 radical (unpaired) electrons. The van der Waals surface area contributed by atoms with Gasteiger partial charge in [0.15, 0.2) is 0 Å². The van der Waals surface area contributed by atoms with Crippen LogP contribution in [-0.4, -0.2) is 5.26 Å². The summed E-state index contributed by atoms with van der Waals surface area (Å²) in [5, 5.41) is 20.6. The van der Waals surface area contributed by atoms with Gasteiger partial charge in [-0.05, 0) is 10.1 Å². The van der Waals surface area contributed by atoms with Gasteiger partial charge in [0.2, 0.25) is 0 Å². The molecule has 0 rings (SSSR count). The molecule has 6 heteroatoms. The molecule has 0 unspecified atom stereocenters. The standard InChI is InChI=1S/C2H4O6/c1-2-4-6-8-7-5-3/h2-3H,1H2. The van der Waals surface area contributed by atoms with Crippen LogP contribution in [0.2, 0.25) is 0 Å². The lowest BCUT2D eigenvalue weighted by molar-refractivity contribution is -0.747. The topological polar surface area (TPSA) is 66.4 Å². The van der Waals surface area contributed by atoms with Gasteiger partial charge >= 0.3 is 0 Å². The van der Waals surface area contributed by atoms with Crippen LogP contribution in [0.1, 0.15) is 0 Å². The third-order valence-corrected chi connectivity index (χ3v) is 0.193. The molecule has 0 aromatic heterocycles. The second-order valence-corrected chi connectivity index (χ2v) is 0.542. The fraction of sp³-hybridized carbons (Fsp3) is 0. The van der Waals surface area contributed by atoms with E-state index < -0.39 is 0 Å². The summed E-state index contributed by atoms with van der Waals surface area (Å²) >= 11 is 0. The Bertz CT molecular complexity index is 52.5. The zero-order valence-corrected chi connectivity index (χ0v) is 3.77. The van der Waals surface area contributed by atoms with E-state index in [0.29, 0.717) is 0 Å². The monoisotopic (exact) mass is 124 g/mol. The largest absolute Gasteiger partial charge is 0.315 e. The van der Waals surface area contributed by atoms with Crippen LogP contribution < -0.4 is 0 Å². The van der Waals surface area contributed by atoms with Gasteiger partial charge in [-0.25, -0.2) is 5.26 Å². The van der Waals surface area contributed by atoms with E-state index in [1.54, 1.807) is 0 Å². The summed E-state index contributed by atoms with van der Waals surface area (Å²) in [4.78, 5) is 3.86. The fourth-order valence-corrected chi connectivity index (χ4v) is 0.0676. The predicted octanol–water partition coefficient (Wildman–Crippen LogP) is 0.346. The van der Waals surface area contributed by atoms with Crippen LogP contribution >= 0.6 is 0 Å². The summed E-state index contributed by atoms with van der Waals surface area (Å²) in [6, 6.07) is 0. The van der Waals surface area contributed by atoms with E-state index in [4.69, 9.17) is 5.26 Å². The van der Waals surface area contributed by atoms with Crippen molar-refractivity contribution in [3.63, 3.8) is 0 Å². The molecular formula is C2H4O6. The van der Waals surface area contributed by atoms with E-state index in [1.807, 2.05) is 0 Å². The van der Waals surface area contributed by atoms with Crippen LogP contribution in [0.15, 0.2) is 12.8 Å². The van der Waals surface area contributed by atoms with Crippen molar-refractivity contribution in [3.8, 4) is 0 Å². The molecular weight excluding hydrogens is 120 g/mol. The number of rotatable bonds is 5. The molecule has 0 saturated carbocycles. The number of hydrogen-bond donors (Lipinski definition) is 1. The Labute approximate surface area is 44.4 Å². The Morgan fingerprint density at radius 3 is 2.50 bits per heavy atom. The van der Waals surface area contributed by atoms with Crippen LogP contribution in [0, 0.1) is 0 Å². The van der Waals surface area contributed by atoms with Crippen molar-refractivity contribution < 1.29 is 30.3 Å². The van der Waals surface area contributed by atoms with Crippen molar-refractivity contribution in [2.45, 2.75) is 0 Å².